The number of hydrogen-bond donors (Lipinski definition) is 1. The highest BCUT2D eigenvalue weighted by molar-refractivity contribution is 7.89. The van der Waals surface area contributed by atoms with Crippen LogP contribution >= 0.6 is 0 Å². The van der Waals surface area contributed by atoms with E-state index in [1.807, 2.05) is 18.2 Å². The van der Waals surface area contributed by atoms with Gasteiger partial charge in [-0.05, 0) is 23.8 Å². The maximum absolute atomic E-state index is 11.5. The molecular formula is C15H17NO4S. The lowest BCUT2D eigenvalue weighted by atomic mass is 10.2. The van der Waals surface area contributed by atoms with Crippen LogP contribution in [0.1, 0.15) is 5.56 Å². The third-order valence-corrected chi connectivity index (χ3v) is 3.97. The number of rotatable bonds is 6. The average molecular weight is 307 g/mol. The van der Waals surface area contributed by atoms with E-state index in [0.717, 1.165) is 0 Å². The lowest BCUT2D eigenvalue weighted by Gasteiger charge is -2.10. The molecule has 0 aliphatic carbocycles. The quantitative estimate of drug-likeness (QED) is 0.885. The summed E-state index contributed by atoms with van der Waals surface area (Å²) < 4.78 is 33.7. The fourth-order valence-corrected chi connectivity index (χ4v) is 2.76. The number of benzene rings is 2. The molecule has 0 bridgehead atoms. The third kappa shape index (κ3) is 4.21. The zero-order valence-electron chi connectivity index (χ0n) is 11.7. The minimum atomic E-state index is -3.71. The summed E-state index contributed by atoms with van der Waals surface area (Å²) >= 11 is 0. The Bertz CT molecular complexity index is 713. The van der Waals surface area contributed by atoms with Gasteiger partial charge in [0.05, 0.1) is 18.6 Å². The zero-order valence-corrected chi connectivity index (χ0v) is 12.5. The van der Waals surface area contributed by atoms with Crippen molar-refractivity contribution in [3.8, 4) is 11.5 Å². The topological polar surface area (TPSA) is 78.6 Å². The van der Waals surface area contributed by atoms with Gasteiger partial charge in [0.1, 0.15) is 11.5 Å². The standard InChI is InChI=1S/C15H17NO4S/c1-19-13-6-4-7-14(11-13)20-10-9-12-5-2-3-8-15(12)21(16,17)18/h2-8,11H,9-10H2,1H3,(H2,16,17,18). The molecular weight excluding hydrogens is 290 g/mol. The van der Waals surface area contributed by atoms with Gasteiger partial charge in [-0.3, -0.25) is 0 Å². The predicted molar refractivity (Wildman–Crippen MR) is 80.0 cm³/mol. The first kappa shape index (κ1) is 15.3. The van der Waals surface area contributed by atoms with E-state index < -0.39 is 10.0 Å². The molecule has 0 spiro atoms. The lowest BCUT2D eigenvalue weighted by molar-refractivity contribution is 0.318. The molecule has 6 heteroatoms. The summed E-state index contributed by atoms with van der Waals surface area (Å²) in [6.45, 7) is 0.347. The summed E-state index contributed by atoms with van der Waals surface area (Å²) in [5, 5.41) is 5.19. The Balaban J connectivity index is 2.04. The highest BCUT2D eigenvalue weighted by Crippen LogP contribution is 2.20. The summed E-state index contributed by atoms with van der Waals surface area (Å²) in [6.07, 6.45) is 0.448. The number of nitrogens with two attached hydrogens (primary N) is 1. The summed E-state index contributed by atoms with van der Waals surface area (Å²) in [5.74, 6) is 1.37. The molecule has 0 atom stereocenters. The van der Waals surface area contributed by atoms with Crippen molar-refractivity contribution >= 4 is 10.0 Å². The number of primary sulfonamides is 1. The van der Waals surface area contributed by atoms with Gasteiger partial charge < -0.3 is 9.47 Å². The third-order valence-electron chi connectivity index (χ3n) is 2.96. The Morgan fingerprint density at radius 3 is 2.48 bits per heavy atom. The summed E-state index contributed by atoms with van der Waals surface area (Å²) in [6, 6.07) is 13.9. The number of sulfonamides is 1. The molecule has 0 aromatic heterocycles. The molecule has 0 aliphatic rings. The largest absolute Gasteiger partial charge is 0.497 e. The second kappa shape index (κ2) is 6.60. The molecule has 0 amide bonds. The van der Waals surface area contributed by atoms with Gasteiger partial charge in [-0.15, -0.1) is 0 Å². The van der Waals surface area contributed by atoms with Gasteiger partial charge in [-0.1, -0.05) is 24.3 Å². The van der Waals surface area contributed by atoms with Crippen molar-refractivity contribution in [2.24, 2.45) is 5.14 Å². The molecule has 0 fully saturated rings. The van der Waals surface area contributed by atoms with Crippen LogP contribution in [0.2, 0.25) is 0 Å². The second-order valence-corrected chi connectivity index (χ2v) is 5.96. The highest BCUT2D eigenvalue weighted by atomic mass is 32.2. The summed E-state index contributed by atoms with van der Waals surface area (Å²) in [5.41, 5.74) is 0.642. The van der Waals surface area contributed by atoms with Crippen LogP contribution in [0.3, 0.4) is 0 Å². The molecule has 0 saturated heterocycles. The van der Waals surface area contributed by atoms with Gasteiger partial charge in [0, 0.05) is 12.5 Å². The maximum atomic E-state index is 11.5. The van der Waals surface area contributed by atoms with E-state index in [-0.39, 0.29) is 4.90 Å². The van der Waals surface area contributed by atoms with Crippen molar-refractivity contribution in [1.82, 2.24) is 0 Å². The van der Waals surface area contributed by atoms with E-state index >= 15 is 0 Å². The summed E-state index contributed by atoms with van der Waals surface area (Å²) in [4.78, 5) is 0.138. The van der Waals surface area contributed by atoms with Gasteiger partial charge >= 0.3 is 0 Å². The molecule has 5 nitrogen and oxygen atoms in total. The first-order valence-corrected chi connectivity index (χ1v) is 7.93. The molecule has 2 aromatic rings. The monoisotopic (exact) mass is 307 g/mol. The van der Waals surface area contributed by atoms with E-state index in [4.69, 9.17) is 14.6 Å². The first-order chi connectivity index (χ1) is 10.0. The summed E-state index contributed by atoms with van der Waals surface area (Å²) in [7, 11) is -2.13. The number of ether oxygens (including phenoxy) is 2. The van der Waals surface area contributed by atoms with Gasteiger partial charge in [0.15, 0.2) is 0 Å². The number of methoxy groups -OCH3 is 1. The van der Waals surface area contributed by atoms with E-state index in [1.54, 1.807) is 31.4 Å². The maximum Gasteiger partial charge on any atom is 0.238 e. The molecule has 2 N–H and O–H groups in total. The molecule has 0 saturated carbocycles. The molecule has 2 rings (SSSR count). The van der Waals surface area contributed by atoms with Crippen LogP contribution in [-0.2, 0) is 16.4 Å². The van der Waals surface area contributed by atoms with Crippen molar-refractivity contribution in [3.63, 3.8) is 0 Å². The van der Waals surface area contributed by atoms with Crippen LogP contribution in [0.4, 0.5) is 0 Å². The predicted octanol–water partition coefficient (Wildman–Crippen LogP) is 1.96. The molecule has 112 valence electrons. The van der Waals surface area contributed by atoms with Crippen LogP contribution in [0.15, 0.2) is 53.4 Å². The van der Waals surface area contributed by atoms with Crippen molar-refractivity contribution < 1.29 is 17.9 Å². The Morgan fingerprint density at radius 2 is 1.76 bits per heavy atom. The Hall–Kier alpha value is -2.05. The van der Waals surface area contributed by atoms with Crippen LogP contribution in [0.5, 0.6) is 11.5 Å². The molecule has 0 unspecified atom stereocenters. The first-order valence-electron chi connectivity index (χ1n) is 6.38. The SMILES string of the molecule is COc1cccc(OCCc2ccccc2S(N)(=O)=O)c1. The van der Waals surface area contributed by atoms with Crippen molar-refractivity contribution in [1.29, 1.82) is 0 Å². The smallest absolute Gasteiger partial charge is 0.238 e. The normalized spacial score (nSPS) is 11.1. The van der Waals surface area contributed by atoms with E-state index in [1.165, 1.54) is 6.07 Å². The molecule has 0 heterocycles. The van der Waals surface area contributed by atoms with Crippen LogP contribution in [0.25, 0.3) is 0 Å². The van der Waals surface area contributed by atoms with E-state index in [2.05, 4.69) is 0 Å². The second-order valence-electron chi connectivity index (χ2n) is 4.43. The van der Waals surface area contributed by atoms with Gasteiger partial charge in [0.25, 0.3) is 0 Å². The fourth-order valence-electron chi connectivity index (χ4n) is 1.96. The molecule has 0 aliphatic heterocycles. The van der Waals surface area contributed by atoms with Crippen molar-refractivity contribution in [2.45, 2.75) is 11.3 Å². The lowest BCUT2D eigenvalue weighted by Crippen LogP contribution is -2.15. The van der Waals surface area contributed by atoms with Crippen LogP contribution in [0, 0.1) is 0 Å². The number of hydrogen-bond acceptors (Lipinski definition) is 4. The fraction of sp³-hybridized carbons (Fsp3) is 0.200. The Kier molecular flexibility index (Phi) is 4.82. The Labute approximate surface area is 124 Å². The Morgan fingerprint density at radius 1 is 1.05 bits per heavy atom. The average Bonchev–Trinajstić information content (AvgIpc) is 2.47. The van der Waals surface area contributed by atoms with Crippen LogP contribution < -0.4 is 14.6 Å². The van der Waals surface area contributed by atoms with Gasteiger partial charge in [-0.25, -0.2) is 13.6 Å². The molecule has 2 aromatic carbocycles. The molecule has 0 radical (unpaired) electrons. The van der Waals surface area contributed by atoms with Crippen LogP contribution in [-0.4, -0.2) is 22.1 Å². The van der Waals surface area contributed by atoms with E-state index in [9.17, 15) is 8.42 Å². The minimum Gasteiger partial charge on any atom is -0.497 e. The minimum absolute atomic E-state index is 0.138. The van der Waals surface area contributed by atoms with E-state index in [0.29, 0.717) is 30.1 Å². The zero-order chi connectivity index (χ0) is 15.3. The van der Waals surface area contributed by atoms with Crippen molar-refractivity contribution in [2.75, 3.05) is 13.7 Å². The highest BCUT2D eigenvalue weighted by Gasteiger charge is 2.12. The van der Waals surface area contributed by atoms with Gasteiger partial charge in [-0.2, -0.15) is 0 Å². The molecule has 21 heavy (non-hydrogen) atoms. The van der Waals surface area contributed by atoms with Gasteiger partial charge in [0.2, 0.25) is 10.0 Å². The van der Waals surface area contributed by atoms with Crippen molar-refractivity contribution in [3.05, 3.63) is 54.1 Å².